The van der Waals surface area contributed by atoms with Gasteiger partial charge in [-0.05, 0) is 44.6 Å². The Balaban J connectivity index is 0.00000338. The van der Waals surface area contributed by atoms with Crippen LogP contribution in [0.15, 0.2) is 53.5 Å². The van der Waals surface area contributed by atoms with Crippen LogP contribution in [-0.2, 0) is 19.6 Å². The van der Waals surface area contributed by atoms with E-state index in [1.165, 1.54) is 22.3 Å². The number of hydrogen-bond donors (Lipinski definition) is 2. The van der Waals surface area contributed by atoms with Gasteiger partial charge in [0.05, 0.1) is 6.54 Å². The third kappa shape index (κ3) is 8.19. The second kappa shape index (κ2) is 11.9. The molecule has 4 nitrogen and oxygen atoms in total. The molecule has 2 rings (SSSR count). The molecule has 2 aromatic carbocycles. The fraction of sp³-hybridized carbons (Fsp3) is 0.381. The SMILES string of the molecule is CCNC(=NCc1cccc(CN(C)C)c1)NCc1ccc(C)cc1.I. The van der Waals surface area contributed by atoms with Crippen molar-refractivity contribution in [3.8, 4) is 0 Å². The summed E-state index contributed by atoms with van der Waals surface area (Å²) >= 11 is 0. The standard InChI is InChI=1S/C21H30N4.HI/c1-5-22-21(23-14-18-11-9-17(2)10-12-18)24-15-19-7-6-8-20(13-19)16-25(3)4;/h6-13H,5,14-16H2,1-4H3,(H2,22,23,24);1H. The van der Waals surface area contributed by atoms with Gasteiger partial charge in [-0.3, -0.25) is 0 Å². The topological polar surface area (TPSA) is 39.7 Å². The number of guanidine groups is 1. The van der Waals surface area contributed by atoms with Gasteiger partial charge in [0.25, 0.3) is 0 Å². The van der Waals surface area contributed by atoms with Gasteiger partial charge < -0.3 is 15.5 Å². The molecule has 2 aromatic rings. The molecule has 0 aliphatic heterocycles. The van der Waals surface area contributed by atoms with E-state index in [9.17, 15) is 0 Å². The molecule has 5 heteroatoms. The van der Waals surface area contributed by atoms with Crippen molar-refractivity contribution in [3.63, 3.8) is 0 Å². The third-order valence-corrected chi connectivity index (χ3v) is 3.83. The summed E-state index contributed by atoms with van der Waals surface area (Å²) in [6, 6.07) is 17.2. The largest absolute Gasteiger partial charge is 0.357 e. The van der Waals surface area contributed by atoms with Crippen molar-refractivity contribution < 1.29 is 0 Å². The number of nitrogens with zero attached hydrogens (tertiary/aromatic N) is 2. The zero-order valence-corrected chi connectivity index (χ0v) is 18.6. The summed E-state index contributed by atoms with van der Waals surface area (Å²) in [7, 11) is 4.17. The predicted octanol–water partition coefficient (Wildman–Crippen LogP) is 3.93. The summed E-state index contributed by atoms with van der Waals surface area (Å²) < 4.78 is 0. The summed E-state index contributed by atoms with van der Waals surface area (Å²) in [5, 5.41) is 6.72. The van der Waals surface area contributed by atoms with Crippen LogP contribution in [0.1, 0.15) is 29.2 Å². The summed E-state index contributed by atoms with van der Waals surface area (Å²) in [5.41, 5.74) is 5.08. The van der Waals surface area contributed by atoms with Crippen LogP contribution >= 0.6 is 24.0 Å². The van der Waals surface area contributed by atoms with Gasteiger partial charge >= 0.3 is 0 Å². The van der Waals surface area contributed by atoms with E-state index in [0.717, 1.165) is 25.6 Å². The first-order chi connectivity index (χ1) is 12.1. The molecule has 142 valence electrons. The molecule has 0 aliphatic carbocycles. The summed E-state index contributed by atoms with van der Waals surface area (Å²) in [4.78, 5) is 6.89. The minimum Gasteiger partial charge on any atom is -0.357 e. The Morgan fingerprint density at radius 2 is 1.65 bits per heavy atom. The smallest absolute Gasteiger partial charge is 0.191 e. The van der Waals surface area contributed by atoms with Crippen LogP contribution in [0.4, 0.5) is 0 Å². The van der Waals surface area contributed by atoms with E-state index < -0.39 is 0 Å². The van der Waals surface area contributed by atoms with Crippen molar-refractivity contribution in [2.24, 2.45) is 4.99 Å². The Morgan fingerprint density at radius 3 is 2.31 bits per heavy atom. The van der Waals surface area contributed by atoms with Crippen LogP contribution in [-0.4, -0.2) is 31.5 Å². The first kappa shape index (κ1) is 22.4. The van der Waals surface area contributed by atoms with Gasteiger partial charge in [0.1, 0.15) is 0 Å². The number of halogens is 1. The second-order valence-electron chi connectivity index (χ2n) is 6.59. The van der Waals surface area contributed by atoms with E-state index >= 15 is 0 Å². The second-order valence-corrected chi connectivity index (χ2v) is 6.59. The normalized spacial score (nSPS) is 11.2. The highest BCUT2D eigenvalue weighted by Gasteiger charge is 2.01. The van der Waals surface area contributed by atoms with Crippen molar-refractivity contribution in [2.45, 2.75) is 33.5 Å². The Bertz CT molecular complexity index is 681. The van der Waals surface area contributed by atoms with Crippen LogP contribution in [0.2, 0.25) is 0 Å². The highest BCUT2D eigenvalue weighted by Crippen LogP contribution is 2.08. The first-order valence-electron chi connectivity index (χ1n) is 8.87. The van der Waals surface area contributed by atoms with Gasteiger partial charge in [0.2, 0.25) is 0 Å². The van der Waals surface area contributed by atoms with E-state index in [4.69, 9.17) is 4.99 Å². The zero-order chi connectivity index (χ0) is 18.1. The first-order valence-corrected chi connectivity index (χ1v) is 8.87. The Morgan fingerprint density at radius 1 is 0.962 bits per heavy atom. The van der Waals surface area contributed by atoms with Crippen molar-refractivity contribution in [2.75, 3.05) is 20.6 Å². The molecule has 0 radical (unpaired) electrons. The van der Waals surface area contributed by atoms with Gasteiger partial charge in [0.15, 0.2) is 5.96 Å². The lowest BCUT2D eigenvalue weighted by Crippen LogP contribution is -2.36. The fourth-order valence-corrected chi connectivity index (χ4v) is 2.60. The Kier molecular flexibility index (Phi) is 10.3. The van der Waals surface area contributed by atoms with E-state index in [-0.39, 0.29) is 24.0 Å². The summed E-state index contributed by atoms with van der Waals surface area (Å²) in [5.74, 6) is 0.848. The monoisotopic (exact) mass is 466 g/mol. The highest BCUT2D eigenvalue weighted by atomic mass is 127. The molecule has 0 saturated carbocycles. The van der Waals surface area contributed by atoms with Crippen LogP contribution < -0.4 is 10.6 Å². The summed E-state index contributed by atoms with van der Waals surface area (Å²) in [6.07, 6.45) is 0. The average Bonchev–Trinajstić information content (AvgIpc) is 2.58. The van der Waals surface area contributed by atoms with Gasteiger partial charge in [0, 0.05) is 19.6 Å². The molecule has 26 heavy (non-hydrogen) atoms. The van der Waals surface area contributed by atoms with E-state index in [2.05, 4.69) is 92.0 Å². The van der Waals surface area contributed by atoms with Gasteiger partial charge in [-0.25, -0.2) is 4.99 Å². The average molecular weight is 466 g/mol. The lowest BCUT2D eigenvalue weighted by atomic mass is 10.1. The number of hydrogen-bond acceptors (Lipinski definition) is 2. The van der Waals surface area contributed by atoms with Crippen molar-refractivity contribution in [1.82, 2.24) is 15.5 Å². The predicted molar refractivity (Wildman–Crippen MR) is 122 cm³/mol. The third-order valence-electron chi connectivity index (χ3n) is 3.83. The van der Waals surface area contributed by atoms with Crippen LogP contribution in [0, 0.1) is 6.92 Å². The number of aliphatic imine (C=N–C) groups is 1. The summed E-state index contributed by atoms with van der Waals surface area (Å²) in [6.45, 7) is 7.43. The maximum Gasteiger partial charge on any atom is 0.191 e. The molecule has 0 atom stereocenters. The number of aryl methyl sites for hydroxylation is 1. The van der Waals surface area contributed by atoms with E-state index in [1.807, 2.05) is 0 Å². The molecule has 0 bridgehead atoms. The minimum absolute atomic E-state index is 0. The van der Waals surface area contributed by atoms with E-state index in [1.54, 1.807) is 0 Å². The van der Waals surface area contributed by atoms with Crippen molar-refractivity contribution in [1.29, 1.82) is 0 Å². The van der Waals surface area contributed by atoms with Crippen LogP contribution in [0.25, 0.3) is 0 Å². The molecule has 0 aliphatic rings. The maximum absolute atomic E-state index is 4.72. The molecular weight excluding hydrogens is 435 g/mol. The zero-order valence-electron chi connectivity index (χ0n) is 16.2. The Labute approximate surface area is 175 Å². The molecular formula is C21H31IN4. The number of benzene rings is 2. The fourth-order valence-electron chi connectivity index (χ4n) is 2.60. The molecule has 0 unspecified atom stereocenters. The molecule has 0 saturated heterocycles. The van der Waals surface area contributed by atoms with E-state index in [0.29, 0.717) is 6.54 Å². The van der Waals surface area contributed by atoms with Gasteiger partial charge in [-0.15, -0.1) is 24.0 Å². The maximum atomic E-state index is 4.72. The van der Waals surface area contributed by atoms with Crippen molar-refractivity contribution in [3.05, 3.63) is 70.8 Å². The highest BCUT2D eigenvalue weighted by molar-refractivity contribution is 14.0. The van der Waals surface area contributed by atoms with Gasteiger partial charge in [-0.2, -0.15) is 0 Å². The quantitative estimate of drug-likeness (QED) is 0.369. The lowest BCUT2D eigenvalue weighted by molar-refractivity contribution is 0.402. The molecule has 0 amide bonds. The van der Waals surface area contributed by atoms with Crippen LogP contribution in [0.5, 0.6) is 0 Å². The Hall–Kier alpha value is -1.60. The van der Waals surface area contributed by atoms with Crippen molar-refractivity contribution >= 4 is 29.9 Å². The molecule has 2 N–H and O–H groups in total. The number of nitrogens with one attached hydrogen (secondary N) is 2. The molecule has 0 fully saturated rings. The number of rotatable bonds is 7. The molecule has 0 spiro atoms. The van der Waals surface area contributed by atoms with Crippen LogP contribution in [0.3, 0.4) is 0 Å². The van der Waals surface area contributed by atoms with Gasteiger partial charge in [-0.1, -0.05) is 54.1 Å². The molecule has 0 heterocycles. The molecule has 0 aromatic heterocycles. The minimum atomic E-state index is 0. The lowest BCUT2D eigenvalue weighted by Gasteiger charge is -2.12.